The van der Waals surface area contributed by atoms with Gasteiger partial charge in [0.05, 0.1) is 37.0 Å². The minimum Gasteiger partial charge on any atom is -0.493 e. The van der Waals surface area contributed by atoms with E-state index in [1.807, 2.05) is 24.3 Å². The largest absolute Gasteiger partial charge is 0.493 e. The van der Waals surface area contributed by atoms with Gasteiger partial charge in [-0.2, -0.15) is 0 Å². The zero-order valence-corrected chi connectivity index (χ0v) is 17.7. The second kappa shape index (κ2) is 8.26. The van der Waals surface area contributed by atoms with Crippen molar-refractivity contribution in [3.63, 3.8) is 0 Å². The number of thiazole rings is 2. The number of hydrogen-bond acceptors (Lipinski definition) is 6. The third-order valence-corrected chi connectivity index (χ3v) is 6.42. The first-order valence-corrected chi connectivity index (χ1v) is 10.7. The van der Waals surface area contributed by atoms with Crippen molar-refractivity contribution >= 4 is 32.9 Å². The van der Waals surface area contributed by atoms with Crippen molar-refractivity contribution in [3.05, 3.63) is 58.5 Å². The van der Waals surface area contributed by atoms with Gasteiger partial charge in [-0.15, -0.1) is 22.7 Å². The number of ether oxygens (including phenoxy) is 2. The SMILES string of the molecule is COc1cccc(-c2nc(C[NH+](C)Cc3nc4ccccc4s3)cs2)c1OC. The number of nitrogens with zero attached hydrogens (tertiary/aromatic N) is 2. The Morgan fingerprint density at radius 2 is 1.82 bits per heavy atom. The standard InChI is InChI=1S/C21H21N3O2S2/c1-24(12-19-23-16-8-4-5-10-18(16)28-19)11-14-13-27-21(22-14)15-7-6-9-17(25-2)20(15)26-3/h4-10,13H,11-12H2,1-3H3/p+1. The molecule has 4 rings (SSSR count). The van der Waals surface area contributed by atoms with Gasteiger partial charge in [-0.05, 0) is 24.3 Å². The van der Waals surface area contributed by atoms with Gasteiger partial charge in [0, 0.05) is 5.38 Å². The molecule has 0 aliphatic carbocycles. The average molecular weight is 413 g/mol. The molecule has 1 unspecified atom stereocenters. The molecule has 2 heterocycles. The van der Waals surface area contributed by atoms with Crippen molar-refractivity contribution in [2.45, 2.75) is 13.1 Å². The molecule has 5 nitrogen and oxygen atoms in total. The van der Waals surface area contributed by atoms with Gasteiger partial charge in [0.25, 0.3) is 0 Å². The molecule has 144 valence electrons. The Labute approximate surface area is 172 Å². The van der Waals surface area contributed by atoms with Gasteiger partial charge in [0.1, 0.15) is 28.8 Å². The van der Waals surface area contributed by atoms with E-state index in [1.165, 1.54) is 9.60 Å². The maximum Gasteiger partial charge on any atom is 0.170 e. The van der Waals surface area contributed by atoms with E-state index in [1.54, 1.807) is 36.9 Å². The Kier molecular flexibility index (Phi) is 5.57. The Hall–Kier alpha value is -2.48. The van der Waals surface area contributed by atoms with Crippen LogP contribution in [0, 0.1) is 0 Å². The highest BCUT2D eigenvalue weighted by atomic mass is 32.1. The molecule has 2 aromatic heterocycles. The normalized spacial score (nSPS) is 12.2. The Bertz CT molecular complexity index is 1060. The highest BCUT2D eigenvalue weighted by Gasteiger charge is 2.16. The van der Waals surface area contributed by atoms with E-state index in [0.29, 0.717) is 0 Å². The fourth-order valence-corrected chi connectivity index (χ4v) is 5.12. The summed E-state index contributed by atoms with van der Waals surface area (Å²) in [6.07, 6.45) is 0. The van der Waals surface area contributed by atoms with Gasteiger partial charge >= 0.3 is 0 Å². The van der Waals surface area contributed by atoms with Crippen molar-refractivity contribution in [2.24, 2.45) is 0 Å². The summed E-state index contributed by atoms with van der Waals surface area (Å²) < 4.78 is 12.2. The molecule has 0 amide bonds. The number of methoxy groups -OCH3 is 2. The van der Waals surface area contributed by atoms with E-state index >= 15 is 0 Å². The minimum absolute atomic E-state index is 0.718. The van der Waals surface area contributed by atoms with Crippen LogP contribution in [0.5, 0.6) is 11.5 Å². The molecule has 1 atom stereocenters. The number of aromatic nitrogens is 2. The molecule has 2 aromatic carbocycles. The number of fused-ring (bicyclic) bond motifs is 1. The molecule has 0 saturated carbocycles. The maximum atomic E-state index is 5.55. The second-order valence-corrected chi connectivity index (χ2v) is 8.54. The zero-order valence-electron chi connectivity index (χ0n) is 16.1. The second-order valence-electron chi connectivity index (χ2n) is 6.57. The van der Waals surface area contributed by atoms with Crippen LogP contribution in [0.3, 0.4) is 0 Å². The van der Waals surface area contributed by atoms with Gasteiger partial charge in [-0.3, -0.25) is 0 Å². The van der Waals surface area contributed by atoms with Crippen LogP contribution < -0.4 is 14.4 Å². The summed E-state index contributed by atoms with van der Waals surface area (Å²) in [6, 6.07) is 14.2. The van der Waals surface area contributed by atoms with E-state index < -0.39 is 0 Å². The number of benzene rings is 2. The van der Waals surface area contributed by atoms with Crippen LogP contribution >= 0.6 is 22.7 Å². The first-order valence-electron chi connectivity index (χ1n) is 8.99. The number of hydrogen-bond donors (Lipinski definition) is 1. The highest BCUT2D eigenvalue weighted by molar-refractivity contribution is 7.18. The van der Waals surface area contributed by atoms with E-state index in [0.717, 1.165) is 51.4 Å². The minimum atomic E-state index is 0.718. The molecule has 28 heavy (non-hydrogen) atoms. The molecule has 0 radical (unpaired) electrons. The van der Waals surface area contributed by atoms with Crippen LogP contribution in [0.2, 0.25) is 0 Å². The van der Waals surface area contributed by atoms with Crippen LogP contribution in [-0.2, 0) is 13.1 Å². The van der Waals surface area contributed by atoms with E-state index in [4.69, 9.17) is 19.4 Å². The third kappa shape index (κ3) is 3.87. The predicted octanol–water partition coefficient (Wildman–Crippen LogP) is 3.65. The van der Waals surface area contributed by atoms with Gasteiger partial charge < -0.3 is 14.4 Å². The van der Waals surface area contributed by atoms with Crippen molar-refractivity contribution in [1.29, 1.82) is 0 Å². The fourth-order valence-electron chi connectivity index (χ4n) is 3.19. The number of quaternary nitrogens is 1. The summed E-state index contributed by atoms with van der Waals surface area (Å²) in [6.45, 7) is 1.73. The van der Waals surface area contributed by atoms with E-state index in [2.05, 4.69) is 30.6 Å². The first-order chi connectivity index (χ1) is 13.7. The fraction of sp³-hybridized carbons (Fsp3) is 0.238. The summed E-state index contributed by atoms with van der Waals surface area (Å²) in [4.78, 5) is 10.9. The van der Waals surface area contributed by atoms with Gasteiger partial charge in [-0.25, -0.2) is 9.97 Å². The quantitative estimate of drug-likeness (QED) is 0.503. The zero-order chi connectivity index (χ0) is 19.5. The predicted molar refractivity (Wildman–Crippen MR) is 115 cm³/mol. The van der Waals surface area contributed by atoms with Crippen molar-refractivity contribution < 1.29 is 14.4 Å². The molecule has 0 fully saturated rings. The monoisotopic (exact) mass is 412 g/mol. The lowest BCUT2D eigenvalue weighted by Crippen LogP contribution is -3.06. The number of rotatable bonds is 7. The molecule has 4 aromatic rings. The molecule has 0 aliphatic rings. The molecule has 0 aliphatic heterocycles. The van der Waals surface area contributed by atoms with Crippen LogP contribution in [-0.4, -0.2) is 31.2 Å². The van der Waals surface area contributed by atoms with Crippen LogP contribution in [0.4, 0.5) is 0 Å². The summed E-state index contributed by atoms with van der Waals surface area (Å²) in [5.41, 5.74) is 3.11. The van der Waals surface area contributed by atoms with Crippen LogP contribution in [0.25, 0.3) is 20.8 Å². The summed E-state index contributed by atoms with van der Waals surface area (Å²) in [5, 5.41) is 4.22. The molecule has 7 heteroatoms. The average Bonchev–Trinajstić information content (AvgIpc) is 3.33. The van der Waals surface area contributed by atoms with Gasteiger partial charge in [0.2, 0.25) is 0 Å². The molecule has 1 N–H and O–H groups in total. The topological polar surface area (TPSA) is 48.7 Å². The van der Waals surface area contributed by atoms with Crippen LogP contribution in [0.15, 0.2) is 47.8 Å². The van der Waals surface area contributed by atoms with Gasteiger partial charge in [-0.1, -0.05) is 18.2 Å². The molecular formula is C21H22N3O2S2+. The maximum absolute atomic E-state index is 5.55. The summed E-state index contributed by atoms with van der Waals surface area (Å²) >= 11 is 3.40. The summed E-state index contributed by atoms with van der Waals surface area (Å²) in [7, 11) is 5.48. The lowest BCUT2D eigenvalue weighted by molar-refractivity contribution is -0.907. The lowest BCUT2D eigenvalue weighted by Gasteiger charge is -2.11. The summed E-state index contributed by atoms with van der Waals surface area (Å²) in [5.74, 6) is 1.44. The van der Waals surface area contributed by atoms with Crippen molar-refractivity contribution in [1.82, 2.24) is 9.97 Å². The lowest BCUT2D eigenvalue weighted by atomic mass is 10.2. The Morgan fingerprint density at radius 3 is 2.61 bits per heavy atom. The van der Waals surface area contributed by atoms with E-state index in [-0.39, 0.29) is 0 Å². The Morgan fingerprint density at radius 1 is 0.964 bits per heavy atom. The smallest absolute Gasteiger partial charge is 0.170 e. The van der Waals surface area contributed by atoms with Gasteiger partial charge in [0.15, 0.2) is 11.5 Å². The third-order valence-electron chi connectivity index (χ3n) is 4.46. The van der Waals surface area contributed by atoms with E-state index in [9.17, 15) is 0 Å². The first kappa shape index (κ1) is 18.9. The highest BCUT2D eigenvalue weighted by Crippen LogP contribution is 2.38. The number of nitrogens with one attached hydrogen (secondary N) is 1. The van der Waals surface area contributed by atoms with Crippen molar-refractivity contribution in [3.8, 4) is 22.1 Å². The molecular weight excluding hydrogens is 390 g/mol. The molecule has 0 bridgehead atoms. The molecule has 0 spiro atoms. The Balaban J connectivity index is 1.49. The van der Waals surface area contributed by atoms with Crippen molar-refractivity contribution in [2.75, 3.05) is 21.3 Å². The van der Waals surface area contributed by atoms with Crippen LogP contribution in [0.1, 0.15) is 10.7 Å². The molecule has 0 saturated heterocycles. The number of para-hydroxylation sites is 2.